The number of piperidine rings is 1. The van der Waals surface area contributed by atoms with Crippen LogP contribution in [0.5, 0.6) is 11.8 Å². The molecule has 3 atom stereocenters. The molecule has 13 nitrogen and oxygen atoms in total. The van der Waals surface area contributed by atoms with E-state index >= 15 is 4.39 Å². The standard InChI is InChI=1S/C42H44F2N8O5/c1-24-32(25(2)47-23-46-24)38(53)57-29-16-27-9-4-8-26-10-5-15-55-40(54)50-41(3)11-6-13-51(21-41)37-31-19-45-35(30(17-29)33(26)27)34(44)36(31)48-39(49-37)56-22-42-12-7-14-52(42)20-28(43)18-42/h4,8-9,16-17,19,23,28H,5-7,10-15,18,20-22H2,1-3H3,(H,50,54)/t28-,41-,42+/m1/s1. The maximum atomic E-state index is 17.6. The number of benzene rings is 2. The first-order valence-corrected chi connectivity index (χ1v) is 19.6. The van der Waals surface area contributed by atoms with Gasteiger partial charge in [-0.1, -0.05) is 18.2 Å². The third-order valence-corrected chi connectivity index (χ3v) is 12.0. The first-order chi connectivity index (χ1) is 27.5. The topological polar surface area (TPSA) is 145 Å². The number of amides is 1. The molecule has 2 aromatic carbocycles. The largest absolute Gasteiger partial charge is 0.461 e. The lowest BCUT2D eigenvalue weighted by atomic mass is 9.91. The maximum Gasteiger partial charge on any atom is 0.407 e. The number of ether oxygens (including phenoxy) is 3. The average Bonchev–Trinajstić information content (AvgIpc) is 3.70. The Bertz CT molecular complexity index is 2410. The van der Waals surface area contributed by atoms with Crippen LogP contribution < -0.4 is 19.7 Å². The Hall–Kier alpha value is -5.57. The summed E-state index contributed by atoms with van der Waals surface area (Å²) in [5, 5.41) is 4.84. The van der Waals surface area contributed by atoms with Crippen LogP contribution in [-0.4, -0.2) is 98.5 Å². The predicted octanol–water partition coefficient (Wildman–Crippen LogP) is 6.60. The van der Waals surface area contributed by atoms with Crippen molar-refractivity contribution in [2.24, 2.45) is 0 Å². The number of halogens is 2. The van der Waals surface area contributed by atoms with Crippen molar-refractivity contribution in [1.82, 2.24) is 35.1 Å². The van der Waals surface area contributed by atoms with Gasteiger partial charge < -0.3 is 24.4 Å². The number of carbonyl (C=O) groups excluding carboxylic acids is 2. The van der Waals surface area contributed by atoms with E-state index in [1.165, 1.54) is 6.33 Å². The lowest BCUT2D eigenvalue weighted by molar-refractivity contribution is 0.0732. The highest BCUT2D eigenvalue weighted by molar-refractivity contribution is 6.02. The Kier molecular flexibility index (Phi) is 9.37. The smallest absolute Gasteiger partial charge is 0.407 e. The number of alkyl carbamates (subject to hydrolysis) is 1. The molecule has 0 unspecified atom stereocenters. The van der Waals surface area contributed by atoms with Crippen LogP contribution in [0.15, 0.2) is 42.9 Å². The van der Waals surface area contributed by atoms with Gasteiger partial charge in [-0.15, -0.1) is 0 Å². The molecule has 1 amide bonds. The number of nitrogens with zero attached hydrogens (tertiary/aromatic N) is 7. The van der Waals surface area contributed by atoms with Gasteiger partial charge in [-0.3, -0.25) is 9.88 Å². The lowest BCUT2D eigenvalue weighted by Crippen LogP contribution is -2.57. The van der Waals surface area contributed by atoms with Gasteiger partial charge in [0.15, 0.2) is 5.82 Å². The summed E-state index contributed by atoms with van der Waals surface area (Å²) in [6, 6.07) is 9.01. The minimum absolute atomic E-state index is 0.000225. The van der Waals surface area contributed by atoms with E-state index in [2.05, 4.69) is 20.2 Å². The SMILES string of the molecule is Cc1ncnc(C)c1C(=O)Oc1cc2c3c(cccc3c1)CCCOC(=O)N[C@]1(C)CCCN(C1)c1nc(OC[C@@]34CCCN3C[C@H](F)C4)nc3c(F)c-2ncc13. The zero-order chi connectivity index (χ0) is 39.5. The molecule has 6 bridgehead atoms. The molecule has 8 heterocycles. The second-order valence-electron chi connectivity index (χ2n) is 16.1. The molecule has 5 aromatic rings. The molecule has 3 aromatic heterocycles. The highest BCUT2D eigenvalue weighted by Gasteiger charge is 2.49. The molecule has 15 heteroatoms. The second-order valence-corrected chi connectivity index (χ2v) is 16.1. The van der Waals surface area contributed by atoms with Crippen LogP contribution in [0, 0.1) is 19.7 Å². The van der Waals surface area contributed by atoms with Gasteiger partial charge in [0.25, 0.3) is 0 Å². The highest BCUT2D eigenvalue weighted by atomic mass is 19.1. The molecule has 0 saturated carbocycles. The minimum atomic E-state index is -0.946. The van der Waals surface area contributed by atoms with E-state index in [0.717, 1.165) is 31.4 Å². The van der Waals surface area contributed by atoms with E-state index in [1.807, 2.05) is 30.0 Å². The van der Waals surface area contributed by atoms with Gasteiger partial charge in [0.1, 0.15) is 47.4 Å². The molecule has 1 N–H and O–H groups in total. The van der Waals surface area contributed by atoms with Gasteiger partial charge in [0, 0.05) is 37.8 Å². The fourth-order valence-electron chi connectivity index (χ4n) is 9.37. The number of hydrogen-bond acceptors (Lipinski definition) is 12. The number of pyridine rings is 1. The number of aromatic nitrogens is 5. The molecule has 5 aliphatic heterocycles. The number of esters is 1. The molecule has 5 aliphatic rings. The predicted molar refractivity (Wildman–Crippen MR) is 208 cm³/mol. The third-order valence-electron chi connectivity index (χ3n) is 12.0. The zero-order valence-electron chi connectivity index (χ0n) is 32.2. The van der Waals surface area contributed by atoms with Crippen LogP contribution in [-0.2, 0) is 11.2 Å². The Morgan fingerprint density at radius 1 is 1.07 bits per heavy atom. The van der Waals surface area contributed by atoms with Crippen molar-refractivity contribution in [2.75, 3.05) is 44.3 Å². The molecular formula is C42H44F2N8O5. The lowest BCUT2D eigenvalue weighted by Gasteiger charge is -2.41. The van der Waals surface area contributed by atoms with Crippen molar-refractivity contribution in [3.05, 3.63) is 71.2 Å². The molecule has 10 rings (SSSR count). The number of hydrogen-bond donors (Lipinski definition) is 1. The van der Waals surface area contributed by atoms with Crippen LogP contribution >= 0.6 is 0 Å². The fourth-order valence-corrected chi connectivity index (χ4v) is 9.37. The summed E-state index contributed by atoms with van der Waals surface area (Å²) in [7, 11) is 0. The third kappa shape index (κ3) is 6.85. The summed E-state index contributed by atoms with van der Waals surface area (Å²) in [4.78, 5) is 53.5. The van der Waals surface area contributed by atoms with Crippen molar-refractivity contribution < 1.29 is 32.6 Å². The Labute approximate surface area is 328 Å². The van der Waals surface area contributed by atoms with Crippen LogP contribution in [0.2, 0.25) is 0 Å². The van der Waals surface area contributed by atoms with E-state index < -0.39 is 35.1 Å². The van der Waals surface area contributed by atoms with Crippen LogP contribution in [0.1, 0.15) is 72.8 Å². The normalized spacial score (nSPS) is 23.7. The summed E-state index contributed by atoms with van der Waals surface area (Å²) >= 11 is 0. The van der Waals surface area contributed by atoms with Crippen LogP contribution in [0.25, 0.3) is 32.9 Å². The number of fused-ring (bicyclic) bond motifs is 7. The number of aryl methyl sites for hydroxylation is 3. The highest BCUT2D eigenvalue weighted by Crippen LogP contribution is 2.42. The van der Waals surface area contributed by atoms with Crippen molar-refractivity contribution >= 4 is 39.6 Å². The Morgan fingerprint density at radius 2 is 1.89 bits per heavy atom. The number of carbonyl (C=O) groups is 2. The molecule has 0 aliphatic carbocycles. The minimum Gasteiger partial charge on any atom is -0.461 e. The van der Waals surface area contributed by atoms with E-state index in [-0.39, 0.29) is 41.7 Å². The molecule has 3 saturated heterocycles. The first kappa shape index (κ1) is 37.0. The molecular weight excluding hydrogens is 735 g/mol. The van der Waals surface area contributed by atoms with Crippen molar-refractivity contribution in [1.29, 1.82) is 0 Å². The molecule has 0 radical (unpaired) electrons. The summed E-state index contributed by atoms with van der Waals surface area (Å²) in [6.07, 6.45) is 6.00. The molecule has 3 fully saturated rings. The van der Waals surface area contributed by atoms with Crippen molar-refractivity contribution in [3.63, 3.8) is 0 Å². The zero-order valence-corrected chi connectivity index (χ0v) is 32.2. The van der Waals surface area contributed by atoms with Gasteiger partial charge in [-0.25, -0.2) is 28.3 Å². The van der Waals surface area contributed by atoms with E-state index in [1.54, 1.807) is 32.2 Å². The van der Waals surface area contributed by atoms with Gasteiger partial charge in [0.2, 0.25) is 0 Å². The van der Waals surface area contributed by atoms with Gasteiger partial charge >= 0.3 is 18.1 Å². The van der Waals surface area contributed by atoms with E-state index in [9.17, 15) is 14.0 Å². The van der Waals surface area contributed by atoms with Crippen molar-refractivity contribution in [2.45, 2.75) is 83.0 Å². The number of alkyl halides is 1. The van der Waals surface area contributed by atoms with Gasteiger partial charge in [-0.2, -0.15) is 9.97 Å². The Balaban J connectivity index is 1.21. The van der Waals surface area contributed by atoms with Gasteiger partial charge in [-0.05, 0) is 94.3 Å². The fraction of sp³-hybridized carbons (Fsp3) is 0.452. The first-order valence-electron chi connectivity index (χ1n) is 19.6. The van der Waals surface area contributed by atoms with Crippen LogP contribution in [0.4, 0.5) is 19.4 Å². The van der Waals surface area contributed by atoms with Crippen LogP contribution in [0.3, 0.4) is 0 Å². The monoisotopic (exact) mass is 778 g/mol. The van der Waals surface area contributed by atoms with E-state index in [4.69, 9.17) is 29.2 Å². The van der Waals surface area contributed by atoms with Crippen molar-refractivity contribution in [3.8, 4) is 23.0 Å². The molecule has 57 heavy (non-hydrogen) atoms. The Morgan fingerprint density at radius 3 is 2.74 bits per heavy atom. The summed E-state index contributed by atoms with van der Waals surface area (Å²) < 4.78 is 50.3. The van der Waals surface area contributed by atoms with Gasteiger partial charge in [0.05, 0.1) is 34.5 Å². The molecule has 0 spiro atoms. The summed E-state index contributed by atoms with van der Waals surface area (Å²) in [5.74, 6) is -0.750. The number of anilines is 1. The molecule has 296 valence electrons. The summed E-state index contributed by atoms with van der Waals surface area (Å²) in [6.45, 7) is 7.80. The average molecular weight is 779 g/mol. The summed E-state index contributed by atoms with van der Waals surface area (Å²) in [5.41, 5.74) is 1.29. The number of rotatable bonds is 5. The maximum absolute atomic E-state index is 17.6. The van der Waals surface area contributed by atoms with E-state index in [0.29, 0.717) is 84.2 Å². The number of nitrogens with one attached hydrogen (secondary N) is 1. The quantitative estimate of drug-likeness (QED) is 0.152. The second kappa shape index (κ2) is 14.4.